The third-order valence-electron chi connectivity index (χ3n) is 1.93. The van der Waals surface area contributed by atoms with E-state index in [1.54, 1.807) is 24.3 Å². The highest BCUT2D eigenvalue weighted by Crippen LogP contribution is 2.10. The second-order valence-corrected chi connectivity index (χ2v) is 4.80. The Labute approximate surface area is 117 Å². The lowest BCUT2D eigenvalue weighted by Crippen LogP contribution is -1.97. The molecule has 2 aromatic carbocycles. The van der Waals surface area contributed by atoms with Crippen LogP contribution >= 0.6 is 0 Å². The quantitative estimate of drug-likeness (QED) is 0.545. The molecule has 0 aliphatic rings. The van der Waals surface area contributed by atoms with E-state index in [9.17, 15) is 8.42 Å². The molecule has 20 heavy (non-hydrogen) atoms. The molecule has 0 bridgehead atoms. The van der Waals surface area contributed by atoms with Gasteiger partial charge < -0.3 is 15.6 Å². The van der Waals surface area contributed by atoms with Crippen molar-refractivity contribution in [2.45, 2.75) is 4.90 Å². The molecule has 0 saturated carbocycles. The number of hydrogen-bond donors (Lipinski definition) is 3. The summed E-state index contributed by atoms with van der Waals surface area (Å²) in [5.41, 5.74) is 5.75. The molecule has 0 aliphatic heterocycles. The van der Waals surface area contributed by atoms with E-state index in [2.05, 4.69) is 0 Å². The molecule has 0 unspecified atom stereocenters. The Morgan fingerprint density at radius 3 is 1.65 bits per heavy atom. The van der Waals surface area contributed by atoms with Crippen molar-refractivity contribution in [2.75, 3.05) is 5.73 Å². The summed E-state index contributed by atoms with van der Waals surface area (Å²) in [6.45, 7) is 2.00. The molecule has 6 nitrogen and oxygen atoms in total. The molecular formula is C13H15NO5S. The molecule has 0 saturated heterocycles. The number of carbonyl (C=O) groups excluding carboxylic acids is 1. The molecule has 0 heterocycles. The number of para-hydroxylation sites is 1. The van der Waals surface area contributed by atoms with Gasteiger partial charge in [-0.2, -0.15) is 8.42 Å². The van der Waals surface area contributed by atoms with E-state index >= 15 is 0 Å². The average Bonchev–Trinajstić information content (AvgIpc) is 2.42. The Morgan fingerprint density at radius 2 is 1.35 bits per heavy atom. The summed E-state index contributed by atoms with van der Waals surface area (Å²) in [6.07, 6.45) is 0. The summed E-state index contributed by atoms with van der Waals surface area (Å²) >= 11 is 0. The monoisotopic (exact) mass is 297 g/mol. The molecule has 0 spiro atoms. The maximum absolute atomic E-state index is 10.5. The van der Waals surface area contributed by atoms with E-state index in [0.29, 0.717) is 11.4 Å². The molecule has 4 N–H and O–H groups in total. The van der Waals surface area contributed by atoms with Gasteiger partial charge in [0.05, 0.1) is 4.90 Å². The van der Waals surface area contributed by atoms with Gasteiger partial charge in [0.25, 0.3) is 10.1 Å². The predicted molar refractivity (Wildman–Crippen MR) is 75.9 cm³/mol. The van der Waals surface area contributed by atoms with E-state index in [-0.39, 0.29) is 4.90 Å². The van der Waals surface area contributed by atoms with Crippen LogP contribution in [0.1, 0.15) is 0 Å². The number of phenolic OH excluding ortho intramolecular Hbond substituents is 1. The van der Waals surface area contributed by atoms with E-state index < -0.39 is 10.1 Å². The predicted octanol–water partition coefficient (Wildman–Crippen LogP) is 1.72. The first-order valence-electron chi connectivity index (χ1n) is 5.25. The van der Waals surface area contributed by atoms with Crippen molar-refractivity contribution in [3.05, 3.63) is 54.6 Å². The first kappa shape index (κ1) is 17.6. The van der Waals surface area contributed by atoms with Crippen LogP contribution in [0.3, 0.4) is 0 Å². The van der Waals surface area contributed by atoms with Crippen molar-refractivity contribution in [1.82, 2.24) is 0 Å². The number of hydrogen-bond acceptors (Lipinski definition) is 5. The first-order chi connectivity index (χ1) is 9.39. The Balaban J connectivity index is 0.000000345. The summed E-state index contributed by atoms with van der Waals surface area (Å²) in [5.74, 6) is 0.322. The average molecular weight is 297 g/mol. The van der Waals surface area contributed by atoms with Crippen LogP contribution in [-0.2, 0) is 14.9 Å². The molecule has 0 atom stereocenters. The largest absolute Gasteiger partial charge is 0.508 e. The van der Waals surface area contributed by atoms with Gasteiger partial charge in [0, 0.05) is 5.69 Å². The highest BCUT2D eigenvalue weighted by Gasteiger charge is 2.06. The fraction of sp³-hybridized carbons (Fsp3) is 0. The molecular weight excluding hydrogens is 282 g/mol. The number of nitrogens with two attached hydrogens (primary N) is 1. The van der Waals surface area contributed by atoms with Gasteiger partial charge in [0.1, 0.15) is 12.5 Å². The van der Waals surface area contributed by atoms with Crippen molar-refractivity contribution < 1.29 is 22.9 Å². The molecule has 0 radical (unpaired) electrons. The molecule has 0 amide bonds. The van der Waals surface area contributed by atoms with Crippen molar-refractivity contribution >= 4 is 22.6 Å². The lowest BCUT2D eigenvalue weighted by Gasteiger charge is -1.95. The van der Waals surface area contributed by atoms with Crippen LogP contribution in [0.15, 0.2) is 59.5 Å². The lowest BCUT2D eigenvalue weighted by atomic mass is 10.3. The van der Waals surface area contributed by atoms with E-state index in [0.717, 1.165) is 0 Å². The highest BCUT2D eigenvalue weighted by molar-refractivity contribution is 7.85. The second kappa shape index (κ2) is 8.68. The van der Waals surface area contributed by atoms with Crippen LogP contribution < -0.4 is 5.73 Å². The van der Waals surface area contributed by atoms with Gasteiger partial charge in [-0.15, -0.1) is 0 Å². The maximum Gasteiger partial charge on any atom is 0.294 e. The third kappa shape index (κ3) is 7.14. The summed E-state index contributed by atoms with van der Waals surface area (Å²) in [7, 11) is -4.08. The van der Waals surface area contributed by atoms with Crippen molar-refractivity contribution in [1.29, 1.82) is 0 Å². The molecule has 0 aliphatic carbocycles. The summed E-state index contributed by atoms with van der Waals surface area (Å²) in [6, 6.07) is 14.0. The van der Waals surface area contributed by atoms with Crippen molar-refractivity contribution in [3.63, 3.8) is 0 Å². The van der Waals surface area contributed by atoms with E-state index in [1.165, 1.54) is 24.3 Å². The number of aromatic hydroxyl groups is 1. The lowest BCUT2D eigenvalue weighted by molar-refractivity contribution is -0.0979. The summed E-state index contributed by atoms with van der Waals surface area (Å²) < 4.78 is 29.4. The molecule has 7 heteroatoms. The Hall–Kier alpha value is -2.38. The topological polar surface area (TPSA) is 118 Å². The number of benzene rings is 2. The fourth-order valence-electron chi connectivity index (χ4n) is 1.07. The van der Waals surface area contributed by atoms with Crippen LogP contribution in [0.4, 0.5) is 5.69 Å². The second-order valence-electron chi connectivity index (χ2n) is 3.38. The van der Waals surface area contributed by atoms with Crippen LogP contribution in [0.2, 0.25) is 0 Å². The zero-order valence-corrected chi connectivity index (χ0v) is 11.3. The van der Waals surface area contributed by atoms with Crippen LogP contribution in [0.5, 0.6) is 5.75 Å². The van der Waals surface area contributed by atoms with Gasteiger partial charge in [-0.05, 0) is 36.4 Å². The molecule has 0 fully saturated rings. The zero-order chi connectivity index (χ0) is 15.6. The van der Waals surface area contributed by atoms with Gasteiger partial charge in [-0.25, -0.2) is 0 Å². The van der Waals surface area contributed by atoms with Gasteiger partial charge in [0.15, 0.2) is 0 Å². The zero-order valence-electron chi connectivity index (χ0n) is 10.5. The van der Waals surface area contributed by atoms with E-state index in [1.807, 2.05) is 12.9 Å². The minimum Gasteiger partial charge on any atom is -0.508 e. The molecule has 2 rings (SSSR count). The van der Waals surface area contributed by atoms with Gasteiger partial charge in [0.2, 0.25) is 0 Å². The third-order valence-corrected chi connectivity index (χ3v) is 2.80. The molecule has 0 aromatic heterocycles. The van der Waals surface area contributed by atoms with Gasteiger partial charge in [-0.1, -0.05) is 18.2 Å². The number of nitrogen functional groups attached to an aromatic ring is 1. The van der Waals surface area contributed by atoms with Gasteiger partial charge >= 0.3 is 0 Å². The normalized spacial score (nSPS) is 9.45. The fourth-order valence-corrected chi connectivity index (χ4v) is 1.55. The van der Waals surface area contributed by atoms with Crippen molar-refractivity contribution in [2.24, 2.45) is 0 Å². The Kier molecular flexibility index (Phi) is 7.64. The molecule has 108 valence electrons. The van der Waals surface area contributed by atoms with Crippen LogP contribution in [0, 0.1) is 0 Å². The Morgan fingerprint density at radius 1 is 0.900 bits per heavy atom. The van der Waals surface area contributed by atoms with E-state index in [4.69, 9.17) is 20.2 Å². The number of phenols is 1. The number of anilines is 1. The number of rotatable bonds is 1. The number of carbonyl (C=O) groups is 1. The van der Waals surface area contributed by atoms with Gasteiger partial charge in [-0.3, -0.25) is 4.55 Å². The SMILES string of the molecule is C=O.Nc1ccc(S(=O)(=O)O)cc1.Oc1ccccc1. The highest BCUT2D eigenvalue weighted by atomic mass is 32.2. The summed E-state index contributed by atoms with van der Waals surface area (Å²) in [5, 5.41) is 8.63. The molecule has 2 aromatic rings. The maximum atomic E-state index is 10.5. The minimum absolute atomic E-state index is 0.147. The summed E-state index contributed by atoms with van der Waals surface area (Å²) in [4.78, 5) is 7.85. The minimum atomic E-state index is -4.08. The standard InChI is InChI=1S/C6H7NO3S.C6H6O.CH2O/c7-5-1-3-6(4-2-5)11(8,9)10;7-6-4-2-1-3-5-6;1-2/h1-4H,7H2,(H,8,9,10);1-5,7H;1H2. The smallest absolute Gasteiger partial charge is 0.294 e. The van der Waals surface area contributed by atoms with Crippen molar-refractivity contribution in [3.8, 4) is 5.75 Å². The van der Waals surface area contributed by atoms with Crippen LogP contribution in [0.25, 0.3) is 0 Å². The Bertz CT molecular complexity index is 596. The first-order valence-corrected chi connectivity index (χ1v) is 6.69. The van der Waals surface area contributed by atoms with Crippen LogP contribution in [-0.4, -0.2) is 24.9 Å².